The normalized spacial score (nSPS) is 11.6. The molecule has 2 aromatic rings. The summed E-state index contributed by atoms with van der Waals surface area (Å²) in [5.41, 5.74) is 1.94. The first-order chi connectivity index (χ1) is 9.88. The molecule has 0 aromatic carbocycles. The van der Waals surface area contributed by atoms with Crippen LogP contribution in [0.4, 0.5) is 0 Å². The minimum Gasteiger partial charge on any atom is -0.455 e. The number of aromatic nitrogens is 2. The number of carbonyl (C=O) groups excluding carboxylic acids is 1. The largest absolute Gasteiger partial charge is 0.455 e. The minimum atomic E-state index is -0.143. The molecular weight excluding hydrogens is 266 g/mol. The predicted octanol–water partition coefficient (Wildman–Crippen LogP) is 2.97. The zero-order valence-corrected chi connectivity index (χ0v) is 13.1. The Balaban J connectivity index is 1.87. The zero-order chi connectivity index (χ0) is 15.5. The number of carbonyl (C=O) groups is 1. The summed E-state index contributed by atoms with van der Waals surface area (Å²) >= 11 is 0. The summed E-state index contributed by atoms with van der Waals surface area (Å²) in [6, 6.07) is 1.94. The quantitative estimate of drug-likeness (QED) is 0.831. The zero-order valence-electron chi connectivity index (χ0n) is 13.1. The monoisotopic (exact) mass is 289 g/mol. The second-order valence-corrected chi connectivity index (χ2v) is 6.34. The van der Waals surface area contributed by atoms with Gasteiger partial charge in [-0.15, -0.1) is 0 Å². The number of hydrogen-bond acceptors (Lipinski definition) is 3. The molecule has 0 aliphatic heterocycles. The Morgan fingerprint density at radius 2 is 2.19 bits per heavy atom. The lowest BCUT2D eigenvalue weighted by Crippen LogP contribution is -2.25. The molecule has 0 unspecified atom stereocenters. The molecule has 0 saturated heterocycles. The lowest BCUT2D eigenvalue weighted by atomic mass is 9.93. The van der Waals surface area contributed by atoms with Gasteiger partial charge in [-0.1, -0.05) is 20.8 Å². The minimum absolute atomic E-state index is 0.0927. The molecule has 0 radical (unpaired) electrons. The van der Waals surface area contributed by atoms with Crippen LogP contribution in [-0.2, 0) is 11.8 Å². The van der Waals surface area contributed by atoms with Crippen molar-refractivity contribution in [2.75, 3.05) is 6.54 Å². The second kappa shape index (κ2) is 6.16. The van der Waals surface area contributed by atoms with Crippen LogP contribution in [0.5, 0.6) is 0 Å². The van der Waals surface area contributed by atoms with Gasteiger partial charge in [0, 0.05) is 23.7 Å². The molecule has 5 nitrogen and oxygen atoms in total. The number of amides is 1. The molecule has 2 heterocycles. The summed E-state index contributed by atoms with van der Waals surface area (Å²) in [6.07, 6.45) is 5.43. The van der Waals surface area contributed by atoms with E-state index in [1.54, 1.807) is 6.20 Å². The van der Waals surface area contributed by atoms with Crippen molar-refractivity contribution in [3.8, 4) is 0 Å². The van der Waals surface area contributed by atoms with Crippen molar-refractivity contribution >= 4 is 5.91 Å². The Morgan fingerprint density at radius 1 is 1.43 bits per heavy atom. The molecule has 0 atom stereocenters. The number of aromatic amines is 1. The molecule has 114 valence electrons. The van der Waals surface area contributed by atoms with Crippen molar-refractivity contribution in [1.82, 2.24) is 15.5 Å². The van der Waals surface area contributed by atoms with Gasteiger partial charge in [-0.3, -0.25) is 9.89 Å². The predicted molar refractivity (Wildman–Crippen MR) is 81.4 cm³/mol. The number of nitrogens with zero attached hydrogens (tertiary/aromatic N) is 1. The van der Waals surface area contributed by atoms with Crippen LogP contribution < -0.4 is 5.32 Å². The van der Waals surface area contributed by atoms with E-state index in [1.807, 2.05) is 19.2 Å². The molecule has 0 aliphatic carbocycles. The van der Waals surface area contributed by atoms with Crippen LogP contribution in [0.2, 0.25) is 0 Å². The summed E-state index contributed by atoms with van der Waals surface area (Å²) in [4.78, 5) is 12.1. The van der Waals surface area contributed by atoms with E-state index in [0.29, 0.717) is 12.3 Å². The Kier molecular flexibility index (Phi) is 4.50. The molecule has 0 aliphatic rings. The van der Waals surface area contributed by atoms with Gasteiger partial charge in [-0.25, -0.2) is 0 Å². The summed E-state index contributed by atoms with van der Waals surface area (Å²) < 4.78 is 5.72. The first-order valence-electron chi connectivity index (χ1n) is 7.24. The third kappa shape index (κ3) is 3.97. The Labute approximate surface area is 125 Å². The number of aryl methyl sites for hydroxylation is 2. The lowest BCUT2D eigenvalue weighted by molar-refractivity contribution is 0.0921. The van der Waals surface area contributed by atoms with Crippen LogP contribution in [-0.4, -0.2) is 22.6 Å². The fourth-order valence-electron chi connectivity index (χ4n) is 2.07. The first kappa shape index (κ1) is 15.4. The van der Waals surface area contributed by atoms with E-state index in [4.69, 9.17) is 4.42 Å². The van der Waals surface area contributed by atoms with Gasteiger partial charge in [0.15, 0.2) is 5.76 Å². The summed E-state index contributed by atoms with van der Waals surface area (Å²) in [7, 11) is 0. The van der Waals surface area contributed by atoms with Crippen molar-refractivity contribution < 1.29 is 9.21 Å². The van der Waals surface area contributed by atoms with Gasteiger partial charge in [0.1, 0.15) is 5.76 Å². The van der Waals surface area contributed by atoms with Crippen LogP contribution in [0.1, 0.15) is 54.6 Å². The van der Waals surface area contributed by atoms with Crippen LogP contribution in [0.15, 0.2) is 22.9 Å². The molecule has 2 aromatic heterocycles. The molecule has 0 spiro atoms. The SMILES string of the molecule is Cc1cc(C(C)(C)C)oc1C(=O)NCCCc1cn[nH]c1. The molecule has 0 fully saturated rings. The molecule has 0 bridgehead atoms. The number of hydrogen-bond donors (Lipinski definition) is 2. The third-order valence-electron chi connectivity index (χ3n) is 3.35. The molecule has 1 amide bonds. The molecule has 2 rings (SSSR count). The van der Waals surface area contributed by atoms with Gasteiger partial charge in [0.25, 0.3) is 5.91 Å². The standard InChI is InChI=1S/C16H23N3O2/c1-11-8-13(16(2,3)4)21-14(11)15(20)17-7-5-6-12-9-18-19-10-12/h8-10H,5-7H2,1-4H3,(H,17,20)(H,18,19). The topological polar surface area (TPSA) is 70.9 Å². The summed E-state index contributed by atoms with van der Waals surface area (Å²) in [5, 5.41) is 9.57. The van der Waals surface area contributed by atoms with Crippen molar-refractivity contribution in [2.24, 2.45) is 0 Å². The van der Waals surface area contributed by atoms with Gasteiger partial charge in [0.05, 0.1) is 6.20 Å². The Hall–Kier alpha value is -2.04. The van der Waals surface area contributed by atoms with Crippen molar-refractivity contribution in [2.45, 2.75) is 46.0 Å². The highest BCUT2D eigenvalue weighted by atomic mass is 16.4. The van der Waals surface area contributed by atoms with Gasteiger partial charge in [-0.05, 0) is 31.4 Å². The molecule has 2 N–H and O–H groups in total. The number of nitrogens with one attached hydrogen (secondary N) is 2. The summed E-state index contributed by atoms with van der Waals surface area (Å²) in [6.45, 7) is 8.72. The fourth-order valence-corrected chi connectivity index (χ4v) is 2.07. The van der Waals surface area contributed by atoms with Crippen LogP contribution in [0.3, 0.4) is 0 Å². The van der Waals surface area contributed by atoms with E-state index < -0.39 is 0 Å². The Morgan fingerprint density at radius 3 is 2.76 bits per heavy atom. The van der Waals surface area contributed by atoms with Crippen molar-refractivity contribution in [3.05, 3.63) is 41.1 Å². The highest BCUT2D eigenvalue weighted by Gasteiger charge is 2.22. The third-order valence-corrected chi connectivity index (χ3v) is 3.35. The molecular formula is C16H23N3O2. The smallest absolute Gasteiger partial charge is 0.287 e. The second-order valence-electron chi connectivity index (χ2n) is 6.34. The van der Waals surface area contributed by atoms with Gasteiger partial charge in [-0.2, -0.15) is 5.10 Å². The first-order valence-corrected chi connectivity index (χ1v) is 7.24. The van der Waals surface area contributed by atoms with E-state index in [0.717, 1.165) is 29.7 Å². The van der Waals surface area contributed by atoms with E-state index >= 15 is 0 Å². The van der Waals surface area contributed by atoms with Crippen LogP contribution in [0, 0.1) is 6.92 Å². The van der Waals surface area contributed by atoms with E-state index in [1.165, 1.54) is 0 Å². The maximum atomic E-state index is 12.1. The van der Waals surface area contributed by atoms with Crippen molar-refractivity contribution in [1.29, 1.82) is 0 Å². The average molecular weight is 289 g/mol. The Bertz CT molecular complexity index is 592. The highest BCUT2D eigenvalue weighted by Crippen LogP contribution is 2.26. The van der Waals surface area contributed by atoms with Gasteiger partial charge in [0.2, 0.25) is 0 Å². The lowest BCUT2D eigenvalue weighted by Gasteiger charge is -2.14. The number of furan rings is 1. The van der Waals surface area contributed by atoms with E-state index in [2.05, 4.69) is 36.3 Å². The fraction of sp³-hybridized carbons (Fsp3) is 0.500. The van der Waals surface area contributed by atoms with E-state index in [-0.39, 0.29) is 11.3 Å². The van der Waals surface area contributed by atoms with Crippen LogP contribution >= 0.6 is 0 Å². The molecule has 5 heteroatoms. The number of rotatable bonds is 5. The molecule has 21 heavy (non-hydrogen) atoms. The van der Waals surface area contributed by atoms with E-state index in [9.17, 15) is 4.79 Å². The van der Waals surface area contributed by atoms with Crippen molar-refractivity contribution in [3.63, 3.8) is 0 Å². The van der Waals surface area contributed by atoms with Crippen LogP contribution in [0.25, 0.3) is 0 Å². The number of H-pyrrole nitrogens is 1. The maximum Gasteiger partial charge on any atom is 0.287 e. The molecule has 0 saturated carbocycles. The van der Waals surface area contributed by atoms with Gasteiger partial charge >= 0.3 is 0 Å². The average Bonchev–Trinajstić information content (AvgIpc) is 3.02. The maximum absolute atomic E-state index is 12.1. The highest BCUT2D eigenvalue weighted by molar-refractivity contribution is 5.92. The summed E-state index contributed by atoms with van der Waals surface area (Å²) in [5.74, 6) is 1.11. The van der Waals surface area contributed by atoms with Gasteiger partial charge < -0.3 is 9.73 Å².